The molecule has 0 aliphatic rings. The highest BCUT2D eigenvalue weighted by Crippen LogP contribution is 2.21. The first-order valence-corrected chi connectivity index (χ1v) is 9.20. The van der Waals surface area contributed by atoms with Gasteiger partial charge in [-0.15, -0.1) is 0 Å². The van der Waals surface area contributed by atoms with Crippen molar-refractivity contribution in [2.45, 2.75) is 24.4 Å². The summed E-state index contributed by atoms with van der Waals surface area (Å²) in [5.74, 6) is -3.26. The Balaban J connectivity index is 2.14. The van der Waals surface area contributed by atoms with Gasteiger partial charge in [0.25, 0.3) is 0 Å². The predicted molar refractivity (Wildman–Crippen MR) is 108 cm³/mol. The van der Waals surface area contributed by atoms with E-state index in [9.17, 15) is 39.4 Å². The fraction of sp³-hybridized carbons (Fsp3) is 0.200. The van der Waals surface area contributed by atoms with Crippen molar-refractivity contribution in [1.29, 1.82) is 0 Å². The van der Waals surface area contributed by atoms with Gasteiger partial charge in [-0.2, -0.15) is 0 Å². The lowest BCUT2D eigenvalue weighted by Gasteiger charge is -2.26. The smallest absolute Gasteiger partial charge is 0.142 e. The fourth-order valence-corrected chi connectivity index (χ4v) is 2.68. The number of hydrogen-bond acceptors (Lipinski definition) is 6. The van der Waals surface area contributed by atoms with Gasteiger partial charge in [-0.3, -0.25) is 0 Å². The molecular weight excluding hydrogens is 445 g/mol. The lowest BCUT2D eigenvalue weighted by atomic mass is 9.98. The molecule has 0 aliphatic carbocycles. The average molecular weight is 463 g/mol. The van der Waals surface area contributed by atoms with E-state index in [1.807, 2.05) is 0 Å². The average Bonchev–Trinajstić information content (AvgIpc) is 2.71. The molecule has 2 rings (SSSR count). The Morgan fingerprint density at radius 1 is 0.700 bits per heavy atom. The third kappa shape index (κ3) is 5.91. The standard InChI is InChI=1S/C20H18Cl2F2O6/c21-11-3-1-9(5-13(11)23)7-15(25)17(27)19(29)20(30)18(28)16(26)8-10-2-4-12(22)14(24)6-10/h1-8,17-20,25-30H/t17-,18+,19-,20-/m1/s1. The lowest BCUT2D eigenvalue weighted by Crippen LogP contribution is -2.45. The van der Waals surface area contributed by atoms with Gasteiger partial charge in [0, 0.05) is 0 Å². The van der Waals surface area contributed by atoms with Crippen LogP contribution in [0.4, 0.5) is 8.78 Å². The van der Waals surface area contributed by atoms with Gasteiger partial charge in [0.05, 0.1) is 10.0 Å². The maximum absolute atomic E-state index is 13.4. The minimum absolute atomic E-state index is 0.100. The minimum atomic E-state index is -2.15. The Morgan fingerprint density at radius 2 is 1.03 bits per heavy atom. The summed E-state index contributed by atoms with van der Waals surface area (Å²) >= 11 is 11.1. The Hall–Kier alpha value is -2.20. The third-order valence-electron chi connectivity index (χ3n) is 4.12. The zero-order chi connectivity index (χ0) is 22.6. The molecular formula is C20H18Cl2F2O6. The zero-order valence-electron chi connectivity index (χ0n) is 15.1. The molecule has 10 heteroatoms. The maximum atomic E-state index is 13.4. The van der Waals surface area contributed by atoms with Crippen LogP contribution in [-0.4, -0.2) is 55.1 Å². The Bertz CT molecular complexity index is 889. The molecule has 0 bridgehead atoms. The summed E-state index contributed by atoms with van der Waals surface area (Å²) < 4.78 is 26.9. The second-order valence-corrected chi connectivity index (χ2v) is 7.17. The molecule has 0 saturated heterocycles. The molecule has 0 unspecified atom stereocenters. The summed E-state index contributed by atoms with van der Waals surface area (Å²) in [6.07, 6.45) is -6.64. The predicted octanol–water partition coefficient (Wildman–Crippen LogP) is 3.21. The van der Waals surface area contributed by atoms with Crippen LogP contribution in [0, 0.1) is 11.6 Å². The van der Waals surface area contributed by atoms with Gasteiger partial charge in [0.15, 0.2) is 0 Å². The molecule has 0 aliphatic heterocycles. The summed E-state index contributed by atoms with van der Waals surface area (Å²) in [5, 5.41) is 59.6. The van der Waals surface area contributed by atoms with E-state index in [4.69, 9.17) is 23.2 Å². The van der Waals surface area contributed by atoms with Gasteiger partial charge >= 0.3 is 0 Å². The quantitative estimate of drug-likeness (QED) is 0.351. The van der Waals surface area contributed by atoms with Crippen molar-refractivity contribution in [3.8, 4) is 0 Å². The number of aliphatic hydroxyl groups is 6. The van der Waals surface area contributed by atoms with Crippen LogP contribution in [0.1, 0.15) is 11.1 Å². The van der Waals surface area contributed by atoms with E-state index in [-0.39, 0.29) is 21.2 Å². The van der Waals surface area contributed by atoms with Crippen LogP contribution in [0.25, 0.3) is 12.2 Å². The fourth-order valence-electron chi connectivity index (χ4n) is 2.44. The molecule has 0 radical (unpaired) electrons. The number of aliphatic hydroxyl groups excluding tert-OH is 6. The summed E-state index contributed by atoms with van der Waals surface area (Å²) in [6, 6.07) is 6.99. The van der Waals surface area contributed by atoms with E-state index in [2.05, 4.69) is 0 Å². The van der Waals surface area contributed by atoms with Crippen molar-refractivity contribution in [2.24, 2.45) is 0 Å². The van der Waals surface area contributed by atoms with Crippen LogP contribution in [0.3, 0.4) is 0 Å². The molecule has 6 nitrogen and oxygen atoms in total. The molecule has 2 aromatic rings. The Kier molecular flexibility index (Phi) is 8.19. The Labute approximate surface area is 180 Å². The molecule has 0 heterocycles. The van der Waals surface area contributed by atoms with Crippen molar-refractivity contribution in [2.75, 3.05) is 0 Å². The SMILES string of the molecule is OC(=Cc1ccc(Cl)c(F)c1)[C@@H](O)[C@@H](O)[C@H](O)[C@@H](O)C(O)=Cc1ccc(Cl)c(F)c1. The van der Waals surface area contributed by atoms with E-state index in [1.165, 1.54) is 24.3 Å². The van der Waals surface area contributed by atoms with Crippen molar-refractivity contribution < 1.29 is 39.4 Å². The van der Waals surface area contributed by atoms with Crippen molar-refractivity contribution >= 4 is 35.4 Å². The first-order chi connectivity index (χ1) is 14.0. The summed E-state index contributed by atoms with van der Waals surface area (Å²) in [4.78, 5) is 0. The largest absolute Gasteiger partial charge is 0.509 e. The highest BCUT2D eigenvalue weighted by molar-refractivity contribution is 6.31. The monoisotopic (exact) mass is 462 g/mol. The highest BCUT2D eigenvalue weighted by atomic mass is 35.5. The van der Waals surface area contributed by atoms with E-state index >= 15 is 0 Å². The highest BCUT2D eigenvalue weighted by Gasteiger charge is 2.34. The van der Waals surface area contributed by atoms with Crippen molar-refractivity contribution in [1.82, 2.24) is 0 Å². The van der Waals surface area contributed by atoms with Gasteiger partial charge in [0.1, 0.15) is 47.6 Å². The van der Waals surface area contributed by atoms with Gasteiger partial charge in [-0.1, -0.05) is 35.3 Å². The molecule has 30 heavy (non-hydrogen) atoms. The van der Waals surface area contributed by atoms with Gasteiger partial charge < -0.3 is 30.6 Å². The summed E-state index contributed by atoms with van der Waals surface area (Å²) in [6.45, 7) is 0. The number of benzene rings is 2. The van der Waals surface area contributed by atoms with E-state index < -0.39 is 47.6 Å². The molecule has 0 saturated carbocycles. The van der Waals surface area contributed by atoms with Crippen LogP contribution in [0.2, 0.25) is 10.0 Å². The van der Waals surface area contributed by atoms with Gasteiger partial charge in [-0.25, -0.2) is 8.78 Å². The first-order valence-electron chi connectivity index (χ1n) is 8.44. The van der Waals surface area contributed by atoms with Crippen LogP contribution in [-0.2, 0) is 0 Å². The van der Waals surface area contributed by atoms with Crippen molar-refractivity contribution in [3.05, 3.63) is 80.7 Å². The molecule has 0 fully saturated rings. The second kappa shape index (κ2) is 10.2. The van der Waals surface area contributed by atoms with Crippen LogP contribution in [0.15, 0.2) is 47.9 Å². The molecule has 0 spiro atoms. The molecule has 0 amide bonds. The summed E-state index contributed by atoms with van der Waals surface area (Å²) in [5.41, 5.74) is 0.200. The zero-order valence-corrected chi connectivity index (χ0v) is 16.6. The number of halogens is 4. The Morgan fingerprint density at radius 3 is 1.33 bits per heavy atom. The molecule has 4 atom stereocenters. The molecule has 162 valence electrons. The van der Waals surface area contributed by atoms with E-state index in [1.54, 1.807) is 0 Å². The van der Waals surface area contributed by atoms with Crippen LogP contribution >= 0.6 is 23.2 Å². The lowest BCUT2D eigenvalue weighted by molar-refractivity contribution is -0.0996. The topological polar surface area (TPSA) is 121 Å². The van der Waals surface area contributed by atoms with Gasteiger partial charge in [0.2, 0.25) is 0 Å². The van der Waals surface area contributed by atoms with Crippen molar-refractivity contribution in [3.63, 3.8) is 0 Å². The summed E-state index contributed by atoms with van der Waals surface area (Å²) in [7, 11) is 0. The van der Waals surface area contributed by atoms with Crippen LogP contribution in [0.5, 0.6) is 0 Å². The third-order valence-corrected chi connectivity index (χ3v) is 4.73. The van der Waals surface area contributed by atoms with Crippen LogP contribution < -0.4 is 0 Å². The van der Waals surface area contributed by atoms with E-state index in [0.29, 0.717) is 0 Å². The minimum Gasteiger partial charge on any atom is -0.509 e. The van der Waals surface area contributed by atoms with Gasteiger partial charge in [-0.05, 0) is 47.5 Å². The normalized spacial score (nSPS) is 16.8. The van der Waals surface area contributed by atoms with E-state index in [0.717, 1.165) is 24.3 Å². The molecule has 0 aromatic heterocycles. The second-order valence-electron chi connectivity index (χ2n) is 6.36. The molecule has 2 aromatic carbocycles. The maximum Gasteiger partial charge on any atom is 0.142 e. The number of rotatable bonds is 7. The first kappa shape index (κ1) is 24.1. The molecule has 6 N–H and O–H groups in total. The number of hydrogen-bond donors (Lipinski definition) is 6.